The average molecular weight is 232 g/mol. The standard InChI is InChI=1S/C10H12N6O/c1-2-6-8(9(12)14-5-13-6)16-4-3-7(11)15-10(16)17/h3-5H,2H2,1H3,(H2,11,15,17)(H2,12,13,14). The first-order chi connectivity index (χ1) is 8.13. The van der Waals surface area contributed by atoms with E-state index in [-0.39, 0.29) is 11.6 Å². The van der Waals surface area contributed by atoms with Gasteiger partial charge in [-0.2, -0.15) is 4.98 Å². The molecule has 17 heavy (non-hydrogen) atoms. The molecule has 0 aromatic carbocycles. The van der Waals surface area contributed by atoms with E-state index in [4.69, 9.17) is 11.5 Å². The van der Waals surface area contributed by atoms with Crippen LogP contribution >= 0.6 is 0 Å². The summed E-state index contributed by atoms with van der Waals surface area (Å²) in [7, 11) is 0. The molecule has 88 valence electrons. The van der Waals surface area contributed by atoms with E-state index in [0.29, 0.717) is 17.8 Å². The monoisotopic (exact) mass is 232 g/mol. The van der Waals surface area contributed by atoms with Crippen LogP contribution < -0.4 is 17.2 Å². The number of aromatic nitrogens is 4. The Morgan fingerprint density at radius 1 is 1.35 bits per heavy atom. The van der Waals surface area contributed by atoms with Gasteiger partial charge in [-0.1, -0.05) is 6.92 Å². The Morgan fingerprint density at radius 3 is 2.76 bits per heavy atom. The number of anilines is 2. The summed E-state index contributed by atoms with van der Waals surface area (Å²) in [5, 5.41) is 0. The fourth-order valence-electron chi connectivity index (χ4n) is 1.54. The first kappa shape index (κ1) is 11.1. The van der Waals surface area contributed by atoms with Gasteiger partial charge < -0.3 is 11.5 Å². The Hall–Kier alpha value is -2.44. The molecule has 2 aromatic rings. The molecule has 0 amide bonds. The highest BCUT2D eigenvalue weighted by Crippen LogP contribution is 2.16. The van der Waals surface area contributed by atoms with Crippen molar-refractivity contribution in [2.75, 3.05) is 11.5 Å². The van der Waals surface area contributed by atoms with Crippen LogP contribution in [0.2, 0.25) is 0 Å². The van der Waals surface area contributed by atoms with Crippen LogP contribution in [0.1, 0.15) is 12.6 Å². The summed E-state index contributed by atoms with van der Waals surface area (Å²) < 4.78 is 1.30. The minimum absolute atomic E-state index is 0.166. The molecular formula is C10H12N6O. The minimum atomic E-state index is -0.499. The second-order valence-corrected chi connectivity index (χ2v) is 3.41. The van der Waals surface area contributed by atoms with Gasteiger partial charge in [0.25, 0.3) is 0 Å². The van der Waals surface area contributed by atoms with Gasteiger partial charge in [-0.25, -0.2) is 14.8 Å². The number of nitrogens with two attached hydrogens (primary N) is 2. The maximum Gasteiger partial charge on any atom is 0.354 e. The van der Waals surface area contributed by atoms with E-state index in [1.165, 1.54) is 23.2 Å². The lowest BCUT2D eigenvalue weighted by Crippen LogP contribution is -2.24. The number of rotatable bonds is 2. The van der Waals surface area contributed by atoms with Crippen molar-refractivity contribution < 1.29 is 0 Å². The molecule has 2 rings (SSSR count). The molecule has 4 N–H and O–H groups in total. The lowest BCUT2D eigenvalue weighted by Gasteiger charge is -2.10. The fourth-order valence-corrected chi connectivity index (χ4v) is 1.54. The van der Waals surface area contributed by atoms with Crippen LogP contribution in [-0.4, -0.2) is 19.5 Å². The largest absolute Gasteiger partial charge is 0.383 e. The van der Waals surface area contributed by atoms with Gasteiger partial charge in [0.2, 0.25) is 0 Å². The molecular weight excluding hydrogens is 220 g/mol. The number of hydrogen-bond donors (Lipinski definition) is 2. The van der Waals surface area contributed by atoms with Crippen molar-refractivity contribution in [1.29, 1.82) is 0 Å². The predicted molar refractivity (Wildman–Crippen MR) is 63.6 cm³/mol. The first-order valence-electron chi connectivity index (χ1n) is 5.08. The molecule has 0 spiro atoms. The Bertz CT molecular complexity index is 606. The van der Waals surface area contributed by atoms with Crippen LogP contribution in [0.25, 0.3) is 5.69 Å². The highest BCUT2D eigenvalue weighted by molar-refractivity contribution is 5.54. The number of nitrogen functional groups attached to an aromatic ring is 2. The van der Waals surface area contributed by atoms with E-state index in [2.05, 4.69) is 15.0 Å². The fraction of sp³-hybridized carbons (Fsp3) is 0.200. The van der Waals surface area contributed by atoms with E-state index in [0.717, 1.165) is 0 Å². The molecule has 0 fully saturated rings. The normalized spacial score (nSPS) is 10.4. The van der Waals surface area contributed by atoms with E-state index >= 15 is 0 Å². The van der Waals surface area contributed by atoms with E-state index in [9.17, 15) is 4.79 Å². The van der Waals surface area contributed by atoms with E-state index < -0.39 is 5.69 Å². The number of hydrogen-bond acceptors (Lipinski definition) is 6. The minimum Gasteiger partial charge on any atom is -0.383 e. The average Bonchev–Trinajstić information content (AvgIpc) is 2.30. The molecule has 0 aliphatic heterocycles. The van der Waals surface area contributed by atoms with Gasteiger partial charge in [0.1, 0.15) is 17.8 Å². The molecule has 0 saturated carbocycles. The van der Waals surface area contributed by atoms with Crippen molar-refractivity contribution >= 4 is 11.6 Å². The Morgan fingerprint density at radius 2 is 2.12 bits per heavy atom. The van der Waals surface area contributed by atoms with Crippen LogP contribution in [0.15, 0.2) is 23.4 Å². The van der Waals surface area contributed by atoms with Crippen molar-refractivity contribution in [2.24, 2.45) is 0 Å². The maximum atomic E-state index is 11.7. The molecule has 0 aliphatic carbocycles. The van der Waals surface area contributed by atoms with Crippen LogP contribution in [0.5, 0.6) is 0 Å². The zero-order valence-corrected chi connectivity index (χ0v) is 9.29. The predicted octanol–water partition coefficient (Wildman–Crippen LogP) is -0.251. The van der Waals surface area contributed by atoms with Gasteiger partial charge >= 0.3 is 5.69 Å². The molecule has 7 heteroatoms. The van der Waals surface area contributed by atoms with Crippen LogP contribution in [0.3, 0.4) is 0 Å². The summed E-state index contributed by atoms with van der Waals surface area (Å²) in [6, 6.07) is 1.52. The molecule has 0 radical (unpaired) electrons. The Balaban J connectivity index is 2.72. The van der Waals surface area contributed by atoms with Crippen molar-refractivity contribution in [3.8, 4) is 5.69 Å². The summed E-state index contributed by atoms with van der Waals surface area (Å²) in [4.78, 5) is 23.3. The smallest absolute Gasteiger partial charge is 0.354 e. The molecule has 2 aromatic heterocycles. The van der Waals surface area contributed by atoms with Crippen molar-refractivity contribution in [2.45, 2.75) is 13.3 Å². The van der Waals surface area contributed by atoms with Gasteiger partial charge in [-0.15, -0.1) is 0 Å². The quantitative estimate of drug-likeness (QED) is 0.738. The second-order valence-electron chi connectivity index (χ2n) is 3.41. The highest BCUT2D eigenvalue weighted by Gasteiger charge is 2.11. The number of aryl methyl sites for hydroxylation is 1. The molecule has 0 atom stereocenters. The number of nitrogens with zero attached hydrogens (tertiary/aromatic N) is 4. The molecule has 2 heterocycles. The van der Waals surface area contributed by atoms with Gasteiger partial charge in [-0.3, -0.25) is 4.57 Å². The van der Waals surface area contributed by atoms with Gasteiger partial charge in [-0.05, 0) is 12.5 Å². The molecule has 7 nitrogen and oxygen atoms in total. The summed E-state index contributed by atoms with van der Waals surface area (Å²) >= 11 is 0. The van der Waals surface area contributed by atoms with Crippen molar-refractivity contribution in [1.82, 2.24) is 19.5 Å². The second kappa shape index (κ2) is 4.20. The van der Waals surface area contributed by atoms with Gasteiger partial charge in [0.15, 0.2) is 5.82 Å². The van der Waals surface area contributed by atoms with E-state index in [1.807, 2.05) is 6.92 Å². The van der Waals surface area contributed by atoms with Crippen molar-refractivity contribution in [3.63, 3.8) is 0 Å². The van der Waals surface area contributed by atoms with Crippen LogP contribution in [-0.2, 0) is 6.42 Å². The third-order valence-electron chi connectivity index (χ3n) is 2.33. The summed E-state index contributed by atoms with van der Waals surface area (Å²) in [6.45, 7) is 1.92. The van der Waals surface area contributed by atoms with Crippen LogP contribution in [0, 0.1) is 0 Å². The topological polar surface area (TPSA) is 113 Å². The van der Waals surface area contributed by atoms with Gasteiger partial charge in [0, 0.05) is 6.20 Å². The highest BCUT2D eigenvalue weighted by atomic mass is 16.1. The summed E-state index contributed by atoms with van der Waals surface area (Å²) in [5.41, 5.74) is 11.8. The Kier molecular flexibility index (Phi) is 2.73. The van der Waals surface area contributed by atoms with Gasteiger partial charge in [0.05, 0.1) is 5.69 Å². The summed E-state index contributed by atoms with van der Waals surface area (Å²) in [6.07, 6.45) is 3.52. The van der Waals surface area contributed by atoms with Crippen LogP contribution in [0.4, 0.5) is 11.6 Å². The lowest BCUT2D eigenvalue weighted by atomic mass is 10.2. The first-order valence-corrected chi connectivity index (χ1v) is 5.08. The zero-order valence-electron chi connectivity index (χ0n) is 9.29. The van der Waals surface area contributed by atoms with Crippen molar-refractivity contribution in [3.05, 3.63) is 34.8 Å². The lowest BCUT2D eigenvalue weighted by molar-refractivity contribution is 0.869. The third-order valence-corrected chi connectivity index (χ3v) is 2.33. The van der Waals surface area contributed by atoms with E-state index in [1.54, 1.807) is 0 Å². The zero-order chi connectivity index (χ0) is 12.4. The third kappa shape index (κ3) is 1.94. The Labute approximate surface area is 97.1 Å². The maximum absolute atomic E-state index is 11.7. The molecule has 0 saturated heterocycles. The summed E-state index contributed by atoms with van der Waals surface area (Å²) in [5.74, 6) is 0.408. The molecule has 0 bridgehead atoms. The SMILES string of the molecule is CCc1ncnc(N)c1-n1ccc(N)nc1=O. The molecule has 0 aliphatic rings. The molecule has 0 unspecified atom stereocenters.